The summed E-state index contributed by atoms with van der Waals surface area (Å²) < 4.78 is 3.40. The van der Waals surface area contributed by atoms with Gasteiger partial charge in [0.05, 0.1) is 21.7 Å². The van der Waals surface area contributed by atoms with Crippen LogP contribution < -0.4 is 5.56 Å². The van der Waals surface area contributed by atoms with Crippen molar-refractivity contribution >= 4 is 28.2 Å². The van der Waals surface area contributed by atoms with Gasteiger partial charge in [-0.05, 0) is 31.0 Å². The van der Waals surface area contributed by atoms with Crippen LogP contribution in [0.2, 0.25) is 5.02 Å². The Bertz CT molecular complexity index is 1260. The third kappa shape index (κ3) is 2.21. The SMILES string of the molecule is O=c1c2c3n(c4cc(Cl)c([N+](=O)[O-])cc4c-2nn1-c1ccccc1)CCC3. The van der Waals surface area contributed by atoms with Gasteiger partial charge in [-0.1, -0.05) is 29.8 Å². The summed E-state index contributed by atoms with van der Waals surface area (Å²) >= 11 is 6.14. The second-order valence-corrected chi connectivity index (χ2v) is 6.96. The third-order valence-corrected chi connectivity index (χ3v) is 5.36. The van der Waals surface area contributed by atoms with Gasteiger partial charge in [0, 0.05) is 23.7 Å². The maximum Gasteiger partial charge on any atom is 0.288 e. The lowest BCUT2D eigenvalue weighted by atomic mass is 10.0. The minimum Gasteiger partial charge on any atom is -0.344 e. The molecule has 0 aliphatic carbocycles. The minimum atomic E-state index is -0.516. The molecule has 0 N–H and O–H groups in total. The van der Waals surface area contributed by atoms with E-state index >= 15 is 0 Å². The maximum absolute atomic E-state index is 13.1. The van der Waals surface area contributed by atoms with Crippen LogP contribution in [0.15, 0.2) is 47.3 Å². The van der Waals surface area contributed by atoms with Crippen molar-refractivity contribution in [1.29, 1.82) is 0 Å². The third-order valence-electron chi connectivity index (χ3n) is 5.06. The van der Waals surface area contributed by atoms with Crippen molar-refractivity contribution in [1.82, 2.24) is 14.3 Å². The number of fused-ring (bicyclic) bond motifs is 6. The average molecular weight is 381 g/mol. The van der Waals surface area contributed by atoms with Gasteiger partial charge in [-0.2, -0.15) is 9.78 Å². The Kier molecular flexibility index (Phi) is 3.35. The molecule has 0 aromatic heterocycles. The van der Waals surface area contributed by atoms with Gasteiger partial charge in [0.25, 0.3) is 11.2 Å². The number of hydrogen-bond donors (Lipinski definition) is 0. The topological polar surface area (TPSA) is 83.0 Å². The van der Waals surface area contributed by atoms with E-state index in [1.54, 1.807) is 6.07 Å². The number of aryl methyl sites for hydroxylation is 1. The zero-order chi connectivity index (χ0) is 18.7. The first-order valence-corrected chi connectivity index (χ1v) is 8.91. The fraction of sp³-hybridized carbons (Fsp3) is 0.158. The van der Waals surface area contributed by atoms with Gasteiger partial charge in [0.15, 0.2) is 0 Å². The van der Waals surface area contributed by atoms with Crippen LogP contribution in [0.3, 0.4) is 0 Å². The molecule has 3 aliphatic rings. The van der Waals surface area contributed by atoms with Gasteiger partial charge in [0.2, 0.25) is 0 Å². The van der Waals surface area contributed by atoms with Crippen LogP contribution in [0, 0.1) is 10.1 Å². The van der Waals surface area contributed by atoms with Crippen molar-refractivity contribution in [2.24, 2.45) is 0 Å². The molecule has 0 spiro atoms. The molecule has 3 aliphatic heterocycles. The highest BCUT2D eigenvalue weighted by atomic mass is 35.5. The lowest BCUT2D eigenvalue weighted by molar-refractivity contribution is -0.384. The van der Waals surface area contributed by atoms with Crippen LogP contribution in [0.4, 0.5) is 5.69 Å². The Hall–Kier alpha value is -3.19. The number of hydrogen-bond acceptors (Lipinski definition) is 4. The van der Waals surface area contributed by atoms with Crippen molar-refractivity contribution in [3.63, 3.8) is 0 Å². The second kappa shape index (κ2) is 5.65. The number of aromatic nitrogens is 3. The molecule has 0 fully saturated rings. The van der Waals surface area contributed by atoms with Crippen LogP contribution in [-0.4, -0.2) is 19.3 Å². The van der Waals surface area contributed by atoms with E-state index in [0.717, 1.165) is 30.6 Å². The van der Waals surface area contributed by atoms with Gasteiger partial charge in [-0.25, -0.2) is 0 Å². The number of nitro groups is 1. The lowest BCUT2D eigenvalue weighted by Gasteiger charge is -2.14. The summed E-state index contributed by atoms with van der Waals surface area (Å²) in [5, 5.41) is 16.5. The van der Waals surface area contributed by atoms with E-state index < -0.39 is 4.92 Å². The van der Waals surface area contributed by atoms with E-state index in [2.05, 4.69) is 5.10 Å². The molecule has 134 valence electrons. The summed E-state index contributed by atoms with van der Waals surface area (Å²) in [5.74, 6) is 0. The zero-order valence-electron chi connectivity index (χ0n) is 14.1. The second-order valence-electron chi connectivity index (χ2n) is 6.56. The Morgan fingerprint density at radius 3 is 2.70 bits per heavy atom. The largest absolute Gasteiger partial charge is 0.344 e. The summed E-state index contributed by atoms with van der Waals surface area (Å²) in [6.45, 7) is 0.742. The Labute approximate surface area is 157 Å². The fourth-order valence-electron chi connectivity index (χ4n) is 3.90. The predicted octanol–water partition coefficient (Wildman–Crippen LogP) is 3.80. The molecule has 27 heavy (non-hydrogen) atoms. The highest BCUT2D eigenvalue weighted by Gasteiger charge is 2.30. The van der Waals surface area contributed by atoms with E-state index in [-0.39, 0.29) is 16.3 Å². The van der Waals surface area contributed by atoms with E-state index in [1.165, 1.54) is 10.7 Å². The molecular weight excluding hydrogens is 368 g/mol. The standard InChI is InChI=1S/C19H13ClN4O3/c20-13-10-15-12(9-16(13)24(26)27)18-17(14-7-4-8-22(14)15)19(25)23(21-18)11-5-2-1-3-6-11/h1-3,5-6,9-10H,4,7-8H2. The monoisotopic (exact) mass is 380 g/mol. The number of pyridine rings is 1. The molecule has 0 saturated heterocycles. The molecule has 0 bridgehead atoms. The van der Waals surface area contributed by atoms with Crippen LogP contribution in [0.1, 0.15) is 12.1 Å². The normalized spacial score (nSPS) is 13.4. The van der Waals surface area contributed by atoms with Gasteiger partial charge in [-0.15, -0.1) is 0 Å². The van der Waals surface area contributed by atoms with Crippen LogP contribution in [0.25, 0.3) is 27.8 Å². The van der Waals surface area contributed by atoms with Gasteiger partial charge >= 0.3 is 0 Å². The molecule has 2 aromatic carbocycles. The summed E-state index contributed by atoms with van der Waals surface area (Å²) in [4.78, 5) is 24.0. The zero-order valence-corrected chi connectivity index (χ0v) is 14.8. The first kappa shape index (κ1) is 16.0. The predicted molar refractivity (Wildman–Crippen MR) is 102 cm³/mol. The van der Waals surface area contributed by atoms with Gasteiger partial charge in [-0.3, -0.25) is 14.9 Å². The lowest BCUT2D eigenvalue weighted by Crippen LogP contribution is -2.16. The van der Waals surface area contributed by atoms with Crippen molar-refractivity contribution in [2.45, 2.75) is 19.4 Å². The Morgan fingerprint density at radius 1 is 1.19 bits per heavy atom. The van der Waals surface area contributed by atoms with Crippen LogP contribution in [0.5, 0.6) is 0 Å². The first-order chi connectivity index (χ1) is 13.1. The van der Waals surface area contributed by atoms with Crippen LogP contribution in [-0.2, 0) is 13.0 Å². The summed E-state index contributed by atoms with van der Waals surface area (Å²) in [6.07, 6.45) is 1.66. The van der Waals surface area contributed by atoms with Crippen molar-refractivity contribution in [3.05, 3.63) is 73.6 Å². The average Bonchev–Trinajstić information content (AvgIpc) is 3.27. The summed E-state index contributed by atoms with van der Waals surface area (Å²) in [6, 6.07) is 12.2. The molecule has 0 unspecified atom stereocenters. The Morgan fingerprint density at radius 2 is 1.96 bits per heavy atom. The van der Waals surface area contributed by atoms with Crippen molar-refractivity contribution in [3.8, 4) is 16.9 Å². The molecule has 0 radical (unpaired) electrons. The smallest absolute Gasteiger partial charge is 0.288 e. The van der Waals surface area contributed by atoms with E-state index in [0.29, 0.717) is 22.3 Å². The maximum atomic E-state index is 13.1. The number of halogens is 1. The van der Waals surface area contributed by atoms with E-state index in [1.807, 2.05) is 34.9 Å². The van der Waals surface area contributed by atoms with Gasteiger partial charge < -0.3 is 4.57 Å². The van der Waals surface area contributed by atoms with Crippen LogP contribution >= 0.6 is 11.6 Å². The molecule has 7 nitrogen and oxygen atoms in total. The van der Waals surface area contributed by atoms with Gasteiger partial charge in [0.1, 0.15) is 10.7 Å². The molecule has 2 aromatic rings. The first-order valence-electron chi connectivity index (χ1n) is 8.54. The number of para-hydroxylation sites is 1. The number of nitro benzene ring substituents is 1. The molecule has 0 saturated carbocycles. The molecule has 0 amide bonds. The van der Waals surface area contributed by atoms with E-state index in [4.69, 9.17) is 11.6 Å². The minimum absolute atomic E-state index is 0.0817. The fourth-order valence-corrected chi connectivity index (χ4v) is 4.13. The molecule has 0 atom stereocenters. The highest BCUT2D eigenvalue weighted by Crippen LogP contribution is 2.39. The Balaban J connectivity index is 1.95. The highest BCUT2D eigenvalue weighted by molar-refractivity contribution is 6.33. The molecule has 5 rings (SSSR count). The summed E-state index contributed by atoms with van der Waals surface area (Å²) in [7, 11) is 0. The molecule has 3 heterocycles. The van der Waals surface area contributed by atoms with Crippen molar-refractivity contribution in [2.75, 3.05) is 0 Å². The summed E-state index contributed by atoms with van der Waals surface area (Å²) in [5.41, 5.74) is 2.95. The number of benzene rings is 2. The van der Waals surface area contributed by atoms with Crippen molar-refractivity contribution < 1.29 is 4.92 Å². The quantitative estimate of drug-likeness (QED) is 0.391. The molecule has 8 heteroatoms. The van der Waals surface area contributed by atoms with E-state index in [9.17, 15) is 14.9 Å². The number of rotatable bonds is 2. The number of nitrogens with zero attached hydrogens (tertiary/aromatic N) is 4. The molecular formula is C19H13ClN4O3.